The molecule has 2 aromatic carbocycles. The average Bonchev–Trinajstić information content (AvgIpc) is 3.43. The van der Waals surface area contributed by atoms with Gasteiger partial charge in [-0.2, -0.15) is 0 Å². The molecule has 0 radical (unpaired) electrons. The first-order valence-electron chi connectivity index (χ1n) is 10.5. The number of nitrogens with zero attached hydrogens (tertiary/aromatic N) is 3. The smallest absolute Gasteiger partial charge is 0.390 e. The molecular formula is C25H20BCl2F2N3. The molecule has 3 aromatic rings. The lowest BCUT2D eigenvalue weighted by molar-refractivity contribution is -0.356. The molecule has 0 spiro atoms. The Morgan fingerprint density at radius 1 is 0.939 bits per heavy atom. The number of hydrogen-bond acceptors (Lipinski definition) is 1. The van der Waals surface area contributed by atoms with Crippen LogP contribution in [-0.4, -0.2) is 36.2 Å². The Bertz CT molecular complexity index is 1360. The van der Waals surface area contributed by atoms with Gasteiger partial charge >= 0.3 is 6.97 Å². The fraction of sp³-hybridized carbons (Fsp3) is 0.0800. The van der Waals surface area contributed by atoms with Gasteiger partial charge in [-0.3, -0.25) is 0 Å². The van der Waals surface area contributed by atoms with Crippen molar-refractivity contribution in [3.63, 3.8) is 0 Å². The van der Waals surface area contributed by atoms with Crippen molar-refractivity contribution in [2.24, 2.45) is 0 Å². The molecule has 0 aliphatic carbocycles. The fourth-order valence-corrected chi connectivity index (χ4v) is 4.93. The van der Waals surface area contributed by atoms with Gasteiger partial charge in [-0.1, -0.05) is 47.5 Å². The van der Waals surface area contributed by atoms with Crippen molar-refractivity contribution in [1.29, 1.82) is 0 Å². The highest BCUT2D eigenvalue weighted by Crippen LogP contribution is 2.44. The highest BCUT2D eigenvalue weighted by molar-refractivity contribution is 6.58. The number of hydrogen-bond donors (Lipinski definition) is 0. The quantitative estimate of drug-likeness (QED) is 0.378. The van der Waals surface area contributed by atoms with Crippen molar-refractivity contribution >= 4 is 59.8 Å². The number of allylic oxidation sites excluding steroid dienone is 2. The van der Waals surface area contributed by atoms with Crippen molar-refractivity contribution < 1.29 is 13.1 Å². The lowest BCUT2D eigenvalue weighted by atomic mass is 9.86. The van der Waals surface area contributed by atoms with Gasteiger partial charge in [0.05, 0.1) is 15.6 Å². The fourth-order valence-electron chi connectivity index (χ4n) is 4.34. The average molecular weight is 482 g/mol. The summed E-state index contributed by atoms with van der Waals surface area (Å²) in [6, 6.07) is 16.5. The predicted octanol–water partition coefficient (Wildman–Crippen LogP) is 6.68. The molecule has 3 nitrogen and oxygen atoms in total. The van der Waals surface area contributed by atoms with Gasteiger partial charge in [0, 0.05) is 48.9 Å². The first kappa shape index (κ1) is 21.7. The van der Waals surface area contributed by atoms with E-state index >= 15 is 8.63 Å². The Hall–Kier alpha value is -3.09. The third kappa shape index (κ3) is 3.54. The van der Waals surface area contributed by atoms with Crippen LogP contribution in [-0.2, 0) is 0 Å². The van der Waals surface area contributed by atoms with Crippen molar-refractivity contribution in [3.05, 3.63) is 105 Å². The first-order chi connectivity index (χ1) is 15.8. The lowest BCUT2D eigenvalue weighted by Crippen LogP contribution is -2.50. The van der Waals surface area contributed by atoms with Crippen LogP contribution in [0.5, 0.6) is 0 Å². The summed E-state index contributed by atoms with van der Waals surface area (Å²) >= 11 is 13.0. The first-order valence-corrected chi connectivity index (χ1v) is 11.2. The number of benzene rings is 2. The minimum Gasteiger partial charge on any atom is -0.390 e. The minimum atomic E-state index is -4.10. The molecule has 0 N–H and O–H groups in total. The van der Waals surface area contributed by atoms with Gasteiger partial charge in [-0.15, -0.1) is 0 Å². The number of fused-ring (bicyclic) bond motifs is 2. The predicted molar refractivity (Wildman–Crippen MR) is 135 cm³/mol. The van der Waals surface area contributed by atoms with Gasteiger partial charge in [-0.25, -0.2) is 0 Å². The summed E-state index contributed by atoms with van der Waals surface area (Å²) in [6.45, 7) is -4.10. The van der Waals surface area contributed by atoms with Crippen LogP contribution in [0.1, 0.15) is 22.5 Å². The molecule has 0 saturated carbocycles. The van der Waals surface area contributed by atoms with Crippen molar-refractivity contribution in [2.75, 3.05) is 19.0 Å². The van der Waals surface area contributed by atoms with E-state index in [0.29, 0.717) is 38.3 Å². The number of aromatic nitrogens is 1. The van der Waals surface area contributed by atoms with Crippen LogP contribution >= 0.6 is 23.2 Å². The number of halogens is 4. The maximum Gasteiger partial charge on any atom is 0.737 e. The number of rotatable bonds is 4. The minimum absolute atomic E-state index is 0.379. The normalized spacial score (nSPS) is 16.2. The molecule has 0 unspecified atom stereocenters. The van der Waals surface area contributed by atoms with Crippen LogP contribution in [0, 0.1) is 0 Å². The van der Waals surface area contributed by atoms with Gasteiger partial charge in [0.15, 0.2) is 5.70 Å². The SMILES string of the molecule is CN(C)c1ccc(/C=C/c2ccc3n2[B-](F)(F)[N+]2=CC=CC2=C3c2c(Cl)cccc2Cl)cc1. The maximum atomic E-state index is 15.7. The Labute approximate surface area is 201 Å². The molecule has 1 aromatic heterocycles. The second kappa shape index (κ2) is 8.05. The van der Waals surface area contributed by atoms with Crippen LogP contribution < -0.4 is 4.90 Å². The summed E-state index contributed by atoms with van der Waals surface area (Å²) in [5.41, 5.74) is 4.27. The Balaban J connectivity index is 1.65. The summed E-state index contributed by atoms with van der Waals surface area (Å²) < 4.78 is 33.6. The molecule has 0 atom stereocenters. The zero-order valence-corrected chi connectivity index (χ0v) is 19.5. The van der Waals surface area contributed by atoms with Crippen LogP contribution in [0.15, 0.2) is 72.4 Å². The molecule has 0 saturated heterocycles. The Kier molecular flexibility index (Phi) is 5.30. The number of anilines is 1. The van der Waals surface area contributed by atoms with E-state index in [1.165, 1.54) is 6.21 Å². The summed E-state index contributed by atoms with van der Waals surface area (Å²) in [4.78, 5) is 2.01. The van der Waals surface area contributed by atoms with Crippen molar-refractivity contribution in [3.8, 4) is 0 Å². The topological polar surface area (TPSA) is 11.2 Å². The van der Waals surface area contributed by atoms with E-state index in [2.05, 4.69) is 0 Å². The van der Waals surface area contributed by atoms with Crippen LogP contribution in [0.2, 0.25) is 10.0 Å². The largest absolute Gasteiger partial charge is 0.737 e. The van der Waals surface area contributed by atoms with E-state index in [0.717, 1.165) is 20.2 Å². The summed E-state index contributed by atoms with van der Waals surface area (Å²) in [5, 5.41) is 0.822. The van der Waals surface area contributed by atoms with Crippen LogP contribution in [0.4, 0.5) is 14.3 Å². The molecule has 0 amide bonds. The maximum absolute atomic E-state index is 15.7. The van der Waals surface area contributed by atoms with E-state index in [1.54, 1.807) is 48.6 Å². The summed E-state index contributed by atoms with van der Waals surface area (Å²) in [5.74, 6) is 0. The zero-order valence-electron chi connectivity index (χ0n) is 18.0. The van der Waals surface area contributed by atoms with Gasteiger partial charge in [-0.05, 0) is 48.0 Å². The Morgan fingerprint density at radius 2 is 1.64 bits per heavy atom. The summed E-state index contributed by atoms with van der Waals surface area (Å²) in [6.07, 6.45) is 8.23. The van der Waals surface area contributed by atoms with Gasteiger partial charge in [0.25, 0.3) is 0 Å². The molecule has 2 aliphatic heterocycles. The van der Waals surface area contributed by atoms with Crippen LogP contribution in [0.3, 0.4) is 0 Å². The molecule has 2 aliphatic rings. The van der Waals surface area contributed by atoms with E-state index < -0.39 is 6.97 Å². The van der Waals surface area contributed by atoms with E-state index in [4.69, 9.17) is 23.2 Å². The van der Waals surface area contributed by atoms with Gasteiger partial charge in [0.1, 0.15) is 6.21 Å². The molecule has 8 heteroatoms. The lowest BCUT2D eigenvalue weighted by Gasteiger charge is -2.32. The highest BCUT2D eigenvalue weighted by atomic mass is 35.5. The summed E-state index contributed by atoms with van der Waals surface area (Å²) in [7, 11) is 3.94. The van der Waals surface area contributed by atoms with E-state index in [9.17, 15) is 0 Å². The van der Waals surface area contributed by atoms with Crippen molar-refractivity contribution in [2.45, 2.75) is 0 Å². The third-order valence-corrected chi connectivity index (χ3v) is 6.58. The molecule has 0 bridgehead atoms. The molecule has 166 valence electrons. The second-order valence-corrected chi connectivity index (χ2v) is 9.01. The van der Waals surface area contributed by atoms with Gasteiger partial charge in [0.2, 0.25) is 0 Å². The molecule has 5 rings (SSSR count). The molecule has 0 fully saturated rings. The zero-order chi connectivity index (χ0) is 23.3. The van der Waals surface area contributed by atoms with Gasteiger partial charge < -0.3 is 22.5 Å². The highest BCUT2D eigenvalue weighted by Gasteiger charge is 2.52. The molecular weight excluding hydrogens is 462 g/mol. The van der Waals surface area contributed by atoms with Crippen molar-refractivity contribution in [1.82, 2.24) is 4.48 Å². The Morgan fingerprint density at radius 3 is 2.30 bits per heavy atom. The standard InChI is InChI=1S/C25H20BCl2F2N3/c1-31(2)18-11-8-17(9-12-18)10-13-19-14-15-23-25(24-20(27)5-3-6-21(24)28)22-7-4-16-32(22)26(29,30)33(19)23/h3-16H,1-2H3/b13-10+. The second-order valence-electron chi connectivity index (χ2n) is 8.19. The van der Waals surface area contributed by atoms with E-state index in [-0.39, 0.29) is 0 Å². The molecule has 33 heavy (non-hydrogen) atoms. The third-order valence-electron chi connectivity index (χ3n) is 5.96. The monoisotopic (exact) mass is 481 g/mol. The van der Waals surface area contributed by atoms with E-state index in [1.807, 2.05) is 49.3 Å². The molecule has 3 heterocycles. The van der Waals surface area contributed by atoms with Crippen LogP contribution in [0.25, 0.3) is 17.7 Å².